The summed E-state index contributed by atoms with van der Waals surface area (Å²) in [4.78, 5) is 37.2. The van der Waals surface area contributed by atoms with Crippen LogP contribution in [0.15, 0.2) is 64.1 Å². The highest BCUT2D eigenvalue weighted by Gasteiger charge is 2.17. The lowest BCUT2D eigenvalue weighted by Gasteiger charge is -2.12. The smallest absolute Gasteiger partial charge is 0.297 e. The van der Waals surface area contributed by atoms with E-state index >= 15 is 0 Å². The van der Waals surface area contributed by atoms with Gasteiger partial charge < -0.3 is 14.7 Å². The molecule has 0 saturated heterocycles. The van der Waals surface area contributed by atoms with Gasteiger partial charge in [0.25, 0.3) is 5.56 Å². The van der Waals surface area contributed by atoms with Crippen molar-refractivity contribution in [1.82, 2.24) is 24.8 Å². The number of carbonyl (C=O) groups excluding carboxylic acids is 1. The maximum Gasteiger partial charge on any atom is 0.297 e. The number of imidazole rings is 1. The van der Waals surface area contributed by atoms with Crippen molar-refractivity contribution in [3.8, 4) is 0 Å². The van der Waals surface area contributed by atoms with Crippen LogP contribution in [0, 0.1) is 0 Å². The van der Waals surface area contributed by atoms with Crippen LogP contribution in [-0.4, -0.2) is 25.4 Å². The Morgan fingerprint density at radius 2 is 2.00 bits per heavy atom. The van der Waals surface area contributed by atoms with Gasteiger partial charge in [-0.15, -0.1) is 0 Å². The summed E-state index contributed by atoms with van der Waals surface area (Å²) < 4.78 is 6.89. The molecule has 2 N–H and O–H groups in total. The molecule has 3 aromatic heterocycles. The highest BCUT2D eigenvalue weighted by atomic mass is 16.3. The number of furan rings is 1. The first-order chi connectivity index (χ1) is 14.1. The molecule has 5 aromatic rings. The first-order valence-corrected chi connectivity index (χ1v) is 9.21. The van der Waals surface area contributed by atoms with Crippen LogP contribution >= 0.6 is 0 Å². The minimum Gasteiger partial charge on any atom is -0.448 e. The fraction of sp³-hybridized carbons (Fsp3) is 0.143. The lowest BCUT2D eigenvalue weighted by molar-refractivity contribution is -0.122. The molecule has 0 aliphatic heterocycles. The van der Waals surface area contributed by atoms with E-state index in [2.05, 4.69) is 20.3 Å². The summed E-state index contributed by atoms with van der Waals surface area (Å²) in [7, 11) is 0. The van der Waals surface area contributed by atoms with E-state index in [1.54, 1.807) is 6.07 Å². The third-order valence-electron chi connectivity index (χ3n) is 4.86. The van der Waals surface area contributed by atoms with Gasteiger partial charge in [0.15, 0.2) is 0 Å². The molecule has 2 aromatic carbocycles. The van der Waals surface area contributed by atoms with Crippen molar-refractivity contribution in [1.29, 1.82) is 0 Å². The highest BCUT2D eigenvalue weighted by Crippen LogP contribution is 2.24. The summed E-state index contributed by atoms with van der Waals surface area (Å²) in [6, 6.07) is 14.6. The minimum absolute atomic E-state index is 0.145. The Hall–Kier alpha value is -3.94. The number of hydrogen-bond acceptors (Lipinski definition) is 5. The molecule has 0 spiro atoms. The van der Waals surface area contributed by atoms with E-state index in [4.69, 9.17) is 4.42 Å². The molecule has 1 amide bonds. The Morgan fingerprint density at radius 1 is 1.21 bits per heavy atom. The van der Waals surface area contributed by atoms with Gasteiger partial charge in [-0.05, 0) is 31.2 Å². The van der Waals surface area contributed by atoms with Crippen LogP contribution in [0.4, 0.5) is 0 Å². The lowest BCUT2D eigenvalue weighted by Crippen LogP contribution is -2.34. The number of H-pyrrole nitrogens is 1. The van der Waals surface area contributed by atoms with Crippen LogP contribution < -0.4 is 10.9 Å². The zero-order valence-corrected chi connectivity index (χ0v) is 15.5. The van der Waals surface area contributed by atoms with Crippen molar-refractivity contribution in [2.75, 3.05) is 0 Å². The van der Waals surface area contributed by atoms with Gasteiger partial charge in [-0.3, -0.25) is 14.2 Å². The summed E-state index contributed by atoms with van der Waals surface area (Å²) in [5, 5.41) is 3.63. The van der Waals surface area contributed by atoms with E-state index in [1.165, 1.54) is 10.9 Å². The second-order valence-electron chi connectivity index (χ2n) is 6.88. The van der Waals surface area contributed by atoms with Crippen LogP contribution in [0.25, 0.3) is 33.1 Å². The molecule has 0 bridgehead atoms. The molecule has 8 heteroatoms. The maximum absolute atomic E-state index is 12.7. The zero-order chi connectivity index (χ0) is 20.0. The number of nitrogens with zero attached hydrogens (tertiary/aromatic N) is 3. The van der Waals surface area contributed by atoms with Gasteiger partial charge in [-0.2, -0.15) is 0 Å². The van der Waals surface area contributed by atoms with Gasteiger partial charge in [0.1, 0.15) is 23.5 Å². The normalized spacial score (nSPS) is 12.6. The van der Waals surface area contributed by atoms with Gasteiger partial charge in [0, 0.05) is 5.39 Å². The first-order valence-electron chi connectivity index (χ1n) is 9.21. The zero-order valence-electron chi connectivity index (χ0n) is 15.5. The summed E-state index contributed by atoms with van der Waals surface area (Å²) in [5.74, 6) is 0.329. The third-order valence-corrected chi connectivity index (χ3v) is 4.86. The highest BCUT2D eigenvalue weighted by molar-refractivity contribution is 6.01. The SMILES string of the molecule is CC(NC(=O)Cn1cnc2c(oc3ccccc32)c1=O)c1nc2ccccc2[nH]1. The van der Waals surface area contributed by atoms with Crippen molar-refractivity contribution in [3.63, 3.8) is 0 Å². The van der Waals surface area contributed by atoms with Gasteiger partial charge in [-0.1, -0.05) is 24.3 Å². The summed E-state index contributed by atoms with van der Waals surface area (Å²) >= 11 is 0. The number of nitrogens with one attached hydrogen (secondary N) is 2. The number of aromatic amines is 1. The Bertz CT molecular complexity index is 1400. The Morgan fingerprint density at radius 3 is 2.86 bits per heavy atom. The van der Waals surface area contributed by atoms with E-state index < -0.39 is 5.56 Å². The van der Waals surface area contributed by atoms with Gasteiger partial charge in [0.2, 0.25) is 11.5 Å². The summed E-state index contributed by atoms with van der Waals surface area (Å²) in [6.45, 7) is 1.67. The van der Waals surface area contributed by atoms with Gasteiger partial charge >= 0.3 is 0 Å². The van der Waals surface area contributed by atoms with Crippen molar-refractivity contribution >= 4 is 39.0 Å². The number of carbonyl (C=O) groups is 1. The molecular formula is C21H17N5O3. The molecule has 1 unspecified atom stereocenters. The lowest BCUT2D eigenvalue weighted by atomic mass is 10.2. The van der Waals surface area contributed by atoms with Crippen LogP contribution in [0.2, 0.25) is 0 Å². The minimum atomic E-state index is -0.391. The predicted molar refractivity (Wildman–Crippen MR) is 108 cm³/mol. The molecule has 0 aliphatic carbocycles. The second-order valence-corrected chi connectivity index (χ2v) is 6.88. The molecule has 8 nitrogen and oxygen atoms in total. The van der Waals surface area contributed by atoms with E-state index in [9.17, 15) is 9.59 Å². The number of amides is 1. The quantitative estimate of drug-likeness (QED) is 0.493. The van der Waals surface area contributed by atoms with Crippen LogP contribution in [0.5, 0.6) is 0 Å². The van der Waals surface area contributed by atoms with Gasteiger partial charge in [-0.25, -0.2) is 9.97 Å². The molecule has 0 fully saturated rings. The number of rotatable bonds is 4. The molecule has 0 saturated carbocycles. The van der Waals surface area contributed by atoms with Crippen molar-refractivity contribution in [3.05, 3.63) is 71.0 Å². The molecule has 3 heterocycles. The van der Waals surface area contributed by atoms with Crippen molar-refractivity contribution < 1.29 is 9.21 Å². The van der Waals surface area contributed by atoms with Gasteiger partial charge in [0.05, 0.1) is 23.4 Å². The fourth-order valence-electron chi connectivity index (χ4n) is 3.42. The van der Waals surface area contributed by atoms with E-state index in [1.807, 2.05) is 49.4 Å². The number of para-hydroxylation sites is 3. The molecular weight excluding hydrogens is 370 g/mol. The topological polar surface area (TPSA) is 106 Å². The molecule has 144 valence electrons. The van der Waals surface area contributed by atoms with E-state index in [0.29, 0.717) is 16.9 Å². The molecule has 29 heavy (non-hydrogen) atoms. The average molecular weight is 387 g/mol. The number of hydrogen-bond donors (Lipinski definition) is 2. The number of benzene rings is 2. The average Bonchev–Trinajstić information content (AvgIpc) is 3.32. The number of aromatic nitrogens is 4. The Kier molecular flexibility index (Phi) is 3.90. The molecule has 1 atom stereocenters. The number of fused-ring (bicyclic) bond motifs is 4. The Labute approximate surface area is 164 Å². The second kappa shape index (κ2) is 6.59. The molecule has 5 rings (SSSR count). The van der Waals surface area contributed by atoms with Crippen LogP contribution in [-0.2, 0) is 11.3 Å². The fourth-order valence-corrected chi connectivity index (χ4v) is 3.42. The van der Waals surface area contributed by atoms with Crippen molar-refractivity contribution in [2.45, 2.75) is 19.5 Å². The standard InChI is InChI=1S/C21H17N5O3/c1-12(20-24-14-7-3-4-8-15(14)25-20)23-17(27)10-26-11-22-18-13-6-2-5-9-16(13)29-19(18)21(26)28/h2-9,11-12H,10H2,1H3,(H,23,27)(H,24,25). The van der Waals surface area contributed by atoms with Crippen molar-refractivity contribution in [2.24, 2.45) is 0 Å². The van der Waals surface area contributed by atoms with E-state index in [-0.39, 0.29) is 24.1 Å². The largest absolute Gasteiger partial charge is 0.448 e. The first kappa shape index (κ1) is 17.2. The molecule has 0 aliphatic rings. The third kappa shape index (κ3) is 2.94. The Balaban J connectivity index is 1.38. The van der Waals surface area contributed by atoms with Crippen LogP contribution in [0.3, 0.4) is 0 Å². The van der Waals surface area contributed by atoms with Crippen LogP contribution in [0.1, 0.15) is 18.8 Å². The monoisotopic (exact) mass is 387 g/mol. The molecule has 0 radical (unpaired) electrons. The summed E-state index contributed by atoms with van der Waals surface area (Å²) in [6.07, 6.45) is 1.37. The summed E-state index contributed by atoms with van der Waals surface area (Å²) in [5.41, 5.74) is 2.58. The maximum atomic E-state index is 12.7. The predicted octanol–water partition coefficient (Wildman–Crippen LogP) is 2.90. The van der Waals surface area contributed by atoms with E-state index in [0.717, 1.165) is 16.4 Å².